The monoisotopic (exact) mass is 503 g/mol. The normalized spacial score (nSPS) is 11.9. The van der Waals surface area contributed by atoms with Crippen LogP contribution in [0.25, 0.3) is 22.2 Å². The highest BCUT2D eigenvalue weighted by Gasteiger charge is 2.19. The lowest BCUT2D eigenvalue weighted by atomic mass is 10.0. The number of hydrogen-bond acceptors (Lipinski definition) is 3. The maximum Gasteiger partial charge on any atom is 0.224 e. The summed E-state index contributed by atoms with van der Waals surface area (Å²) in [6.45, 7) is 7.24. The minimum Gasteiger partial charge on any atom is -0.491 e. The minimum absolute atomic E-state index is 0.0322. The maximum absolute atomic E-state index is 13.0. The van der Waals surface area contributed by atoms with E-state index in [1.807, 2.05) is 55.5 Å². The number of carbonyl (C=O) groups is 1. The van der Waals surface area contributed by atoms with E-state index in [4.69, 9.17) is 9.72 Å². The van der Waals surface area contributed by atoms with Gasteiger partial charge in [-0.25, -0.2) is 4.98 Å². The molecule has 38 heavy (non-hydrogen) atoms. The van der Waals surface area contributed by atoms with Gasteiger partial charge in [0.1, 0.15) is 18.2 Å². The molecule has 5 aromatic rings. The molecule has 0 fully saturated rings. The first-order valence-corrected chi connectivity index (χ1v) is 13.1. The Morgan fingerprint density at radius 2 is 1.61 bits per heavy atom. The number of fused-ring (bicyclic) bond motifs is 1. The van der Waals surface area contributed by atoms with Crippen molar-refractivity contribution < 1.29 is 9.53 Å². The largest absolute Gasteiger partial charge is 0.491 e. The predicted octanol–water partition coefficient (Wildman–Crippen LogP) is 6.82. The van der Waals surface area contributed by atoms with E-state index in [1.54, 1.807) is 0 Å². The quantitative estimate of drug-likeness (QED) is 0.240. The Morgan fingerprint density at radius 3 is 2.39 bits per heavy atom. The minimum atomic E-state index is -0.251. The number of aromatic nitrogens is 2. The number of aryl methyl sites for hydroxylation is 2. The van der Waals surface area contributed by atoms with Crippen LogP contribution in [0.1, 0.15) is 35.5 Å². The van der Waals surface area contributed by atoms with Gasteiger partial charge in [0, 0.05) is 0 Å². The summed E-state index contributed by atoms with van der Waals surface area (Å²) >= 11 is 0. The molecular weight excluding hydrogens is 470 g/mol. The van der Waals surface area contributed by atoms with Gasteiger partial charge in [-0.3, -0.25) is 4.79 Å². The third kappa shape index (κ3) is 5.78. The predicted molar refractivity (Wildman–Crippen MR) is 153 cm³/mol. The molecule has 1 heterocycles. The maximum atomic E-state index is 13.0. The Bertz CT molecular complexity index is 1540. The van der Waals surface area contributed by atoms with Crippen LogP contribution >= 0.6 is 0 Å². The number of benzene rings is 4. The van der Waals surface area contributed by atoms with Gasteiger partial charge >= 0.3 is 0 Å². The van der Waals surface area contributed by atoms with E-state index in [0.717, 1.165) is 44.9 Å². The van der Waals surface area contributed by atoms with E-state index in [-0.39, 0.29) is 11.9 Å². The van der Waals surface area contributed by atoms with E-state index in [0.29, 0.717) is 19.6 Å². The standard InChI is InChI=1S/C33H33N3O2/c1-23-13-14-24(2)31(21-23)38-20-19-36-30-12-8-7-11-29(30)35-33(36)25(3)34-32(37)22-26-15-17-28(18-16-26)27-9-5-4-6-10-27/h4-18,21,25H,19-20,22H2,1-3H3,(H,34,37). The van der Waals surface area contributed by atoms with Crippen LogP contribution in [0.2, 0.25) is 0 Å². The zero-order valence-electron chi connectivity index (χ0n) is 22.1. The fourth-order valence-corrected chi connectivity index (χ4v) is 4.76. The van der Waals surface area contributed by atoms with Crippen molar-refractivity contribution in [1.29, 1.82) is 0 Å². The van der Waals surface area contributed by atoms with Crippen LogP contribution in [0.4, 0.5) is 0 Å². The van der Waals surface area contributed by atoms with Gasteiger partial charge in [-0.2, -0.15) is 0 Å². The number of carbonyl (C=O) groups excluding carboxylic acids is 1. The van der Waals surface area contributed by atoms with Crippen molar-refractivity contribution >= 4 is 16.9 Å². The first-order chi connectivity index (χ1) is 18.5. The number of imidazole rings is 1. The zero-order chi connectivity index (χ0) is 26.5. The molecule has 1 atom stereocenters. The summed E-state index contributed by atoms with van der Waals surface area (Å²) < 4.78 is 8.29. The summed E-state index contributed by atoms with van der Waals surface area (Å²) in [6, 6.07) is 32.5. The van der Waals surface area contributed by atoms with Crippen LogP contribution in [0.3, 0.4) is 0 Å². The van der Waals surface area contributed by atoms with Crippen LogP contribution in [-0.2, 0) is 17.8 Å². The van der Waals surface area contributed by atoms with Gasteiger partial charge in [0.2, 0.25) is 5.91 Å². The highest BCUT2D eigenvalue weighted by atomic mass is 16.5. The Labute approximate surface area is 224 Å². The van der Waals surface area contributed by atoms with Gasteiger partial charge < -0.3 is 14.6 Å². The smallest absolute Gasteiger partial charge is 0.224 e. The van der Waals surface area contributed by atoms with Crippen molar-refractivity contribution in [3.05, 3.63) is 120 Å². The number of para-hydroxylation sites is 2. The second kappa shape index (κ2) is 11.3. The van der Waals surface area contributed by atoms with Gasteiger partial charge in [0.15, 0.2) is 0 Å². The van der Waals surface area contributed by atoms with Crippen LogP contribution in [0, 0.1) is 13.8 Å². The van der Waals surface area contributed by atoms with E-state index in [9.17, 15) is 4.79 Å². The van der Waals surface area contributed by atoms with E-state index >= 15 is 0 Å². The molecule has 1 unspecified atom stereocenters. The summed E-state index contributed by atoms with van der Waals surface area (Å²) in [4.78, 5) is 17.8. The molecule has 0 saturated heterocycles. The van der Waals surface area contributed by atoms with E-state index < -0.39 is 0 Å². The zero-order valence-corrected chi connectivity index (χ0v) is 22.1. The lowest BCUT2D eigenvalue weighted by Gasteiger charge is -2.17. The number of rotatable bonds is 9. The molecule has 0 saturated carbocycles. The number of nitrogens with zero attached hydrogens (tertiary/aromatic N) is 2. The van der Waals surface area contributed by atoms with Crippen LogP contribution in [0.15, 0.2) is 97.1 Å². The number of hydrogen-bond donors (Lipinski definition) is 1. The molecule has 0 spiro atoms. The van der Waals surface area contributed by atoms with Gasteiger partial charge in [0.05, 0.1) is 30.0 Å². The summed E-state index contributed by atoms with van der Waals surface area (Å²) in [5.41, 5.74) is 7.51. The van der Waals surface area contributed by atoms with Gasteiger partial charge in [0.25, 0.3) is 0 Å². The highest BCUT2D eigenvalue weighted by molar-refractivity contribution is 5.80. The van der Waals surface area contributed by atoms with Crippen molar-refractivity contribution in [1.82, 2.24) is 14.9 Å². The molecule has 1 aromatic heterocycles. The summed E-state index contributed by atoms with van der Waals surface area (Å²) in [7, 11) is 0. The summed E-state index contributed by atoms with van der Waals surface area (Å²) in [6.07, 6.45) is 0.315. The molecule has 5 rings (SSSR count). The molecule has 1 N–H and O–H groups in total. The number of nitrogens with one attached hydrogen (secondary N) is 1. The molecular formula is C33H33N3O2. The number of ether oxygens (including phenoxy) is 1. The van der Waals surface area contributed by atoms with Gasteiger partial charge in [-0.1, -0.05) is 78.9 Å². The van der Waals surface area contributed by atoms with Crippen molar-refractivity contribution in [2.45, 2.75) is 39.8 Å². The van der Waals surface area contributed by atoms with Crippen molar-refractivity contribution in [3.8, 4) is 16.9 Å². The van der Waals surface area contributed by atoms with E-state index in [2.05, 4.69) is 72.3 Å². The fraction of sp³-hybridized carbons (Fsp3) is 0.212. The Hall–Kier alpha value is -4.38. The second-order valence-electron chi connectivity index (χ2n) is 9.76. The average Bonchev–Trinajstić information content (AvgIpc) is 3.30. The molecule has 0 radical (unpaired) electrons. The second-order valence-corrected chi connectivity index (χ2v) is 9.76. The Balaban J connectivity index is 1.27. The first-order valence-electron chi connectivity index (χ1n) is 13.1. The Kier molecular flexibility index (Phi) is 7.55. The van der Waals surface area contributed by atoms with Crippen LogP contribution in [-0.4, -0.2) is 22.1 Å². The molecule has 4 aromatic carbocycles. The van der Waals surface area contributed by atoms with Crippen molar-refractivity contribution in [2.75, 3.05) is 6.61 Å². The number of amides is 1. The van der Waals surface area contributed by atoms with E-state index in [1.165, 1.54) is 5.56 Å². The molecule has 0 aliphatic carbocycles. The SMILES string of the molecule is Cc1ccc(C)c(OCCn2c(C(C)NC(=O)Cc3ccc(-c4ccccc4)cc3)nc3ccccc32)c1. The van der Waals surface area contributed by atoms with Gasteiger partial charge in [-0.15, -0.1) is 0 Å². The average molecular weight is 504 g/mol. The molecule has 0 aliphatic rings. The molecule has 192 valence electrons. The highest BCUT2D eigenvalue weighted by Crippen LogP contribution is 2.23. The van der Waals surface area contributed by atoms with Gasteiger partial charge in [-0.05, 0) is 66.8 Å². The lowest BCUT2D eigenvalue weighted by molar-refractivity contribution is -0.121. The molecule has 5 nitrogen and oxygen atoms in total. The molecule has 1 amide bonds. The molecule has 0 bridgehead atoms. The third-order valence-electron chi connectivity index (χ3n) is 6.79. The first kappa shape index (κ1) is 25.3. The van der Waals surface area contributed by atoms with Crippen molar-refractivity contribution in [3.63, 3.8) is 0 Å². The summed E-state index contributed by atoms with van der Waals surface area (Å²) in [5.74, 6) is 1.69. The summed E-state index contributed by atoms with van der Waals surface area (Å²) in [5, 5.41) is 3.15. The fourth-order valence-electron chi connectivity index (χ4n) is 4.76. The topological polar surface area (TPSA) is 56.1 Å². The van der Waals surface area contributed by atoms with Crippen molar-refractivity contribution in [2.24, 2.45) is 0 Å². The lowest BCUT2D eigenvalue weighted by Crippen LogP contribution is -2.30. The van der Waals surface area contributed by atoms with Crippen LogP contribution in [0.5, 0.6) is 5.75 Å². The third-order valence-corrected chi connectivity index (χ3v) is 6.79. The van der Waals surface area contributed by atoms with Crippen LogP contribution < -0.4 is 10.1 Å². The molecule has 0 aliphatic heterocycles. The molecule has 5 heteroatoms. The Morgan fingerprint density at radius 1 is 0.895 bits per heavy atom.